The maximum atomic E-state index is 13.2. The molecule has 0 fully saturated rings. The predicted octanol–water partition coefficient (Wildman–Crippen LogP) is 6.06. The molecule has 0 aliphatic rings. The van der Waals surface area contributed by atoms with Crippen molar-refractivity contribution in [3.63, 3.8) is 0 Å². The fourth-order valence-corrected chi connectivity index (χ4v) is 3.20. The van der Waals surface area contributed by atoms with Gasteiger partial charge in [0.05, 0.1) is 12.1 Å². The lowest BCUT2D eigenvalue weighted by atomic mass is 10.2. The molecule has 5 nitrogen and oxygen atoms in total. The number of amides is 1. The lowest BCUT2D eigenvalue weighted by Gasteiger charge is -2.09. The number of benzene rings is 3. The van der Waals surface area contributed by atoms with Crippen LogP contribution in [0.1, 0.15) is 27.0 Å². The van der Waals surface area contributed by atoms with Gasteiger partial charge in [-0.25, -0.2) is 8.78 Å². The number of hydrogen-bond donors (Lipinski definition) is 1. The fourth-order valence-electron chi connectivity index (χ4n) is 3.20. The molecule has 35 heavy (non-hydrogen) atoms. The summed E-state index contributed by atoms with van der Waals surface area (Å²) in [5.74, 6) is -1.48. The first-order valence-electron chi connectivity index (χ1n) is 10.3. The van der Waals surface area contributed by atoms with Crippen molar-refractivity contribution < 1.29 is 31.5 Å². The zero-order valence-electron chi connectivity index (χ0n) is 18.0. The van der Waals surface area contributed by atoms with Crippen molar-refractivity contribution >= 4 is 11.6 Å². The van der Waals surface area contributed by atoms with Crippen molar-refractivity contribution in [3.05, 3.63) is 113 Å². The first-order valence-corrected chi connectivity index (χ1v) is 10.3. The summed E-state index contributed by atoms with van der Waals surface area (Å²) in [5, 5.41) is 6.82. The number of nitrogens with one attached hydrogen (secondary N) is 1. The van der Waals surface area contributed by atoms with E-state index in [1.807, 2.05) is 0 Å². The molecule has 1 heterocycles. The lowest BCUT2D eigenvalue weighted by molar-refractivity contribution is -0.137. The highest BCUT2D eigenvalue weighted by atomic mass is 19.4. The van der Waals surface area contributed by atoms with E-state index in [-0.39, 0.29) is 30.3 Å². The van der Waals surface area contributed by atoms with Gasteiger partial charge in [0.25, 0.3) is 5.91 Å². The molecule has 0 aliphatic carbocycles. The van der Waals surface area contributed by atoms with Crippen molar-refractivity contribution in [1.29, 1.82) is 0 Å². The van der Waals surface area contributed by atoms with E-state index in [9.17, 15) is 26.7 Å². The molecule has 0 spiro atoms. The predicted molar refractivity (Wildman–Crippen MR) is 118 cm³/mol. The summed E-state index contributed by atoms with van der Waals surface area (Å²) in [7, 11) is 0. The molecule has 4 aromatic rings. The second kappa shape index (κ2) is 9.96. The van der Waals surface area contributed by atoms with Gasteiger partial charge in [0.2, 0.25) is 5.88 Å². The third kappa shape index (κ3) is 6.23. The van der Waals surface area contributed by atoms with Crippen LogP contribution in [0.2, 0.25) is 0 Å². The van der Waals surface area contributed by atoms with Crippen LogP contribution in [0.4, 0.5) is 27.6 Å². The van der Waals surface area contributed by atoms with Crippen LogP contribution in [0.25, 0.3) is 0 Å². The van der Waals surface area contributed by atoms with Gasteiger partial charge in [0.15, 0.2) is 0 Å². The first-order chi connectivity index (χ1) is 16.7. The van der Waals surface area contributed by atoms with E-state index in [0.717, 1.165) is 24.3 Å². The Balaban J connectivity index is 1.55. The molecule has 0 atom stereocenters. The topological polar surface area (TPSA) is 56.2 Å². The highest BCUT2D eigenvalue weighted by Gasteiger charge is 2.30. The molecular formula is C25H18F5N3O2. The summed E-state index contributed by atoms with van der Waals surface area (Å²) in [5.41, 5.74) is 0.695. The summed E-state index contributed by atoms with van der Waals surface area (Å²) in [6.45, 7) is 0.204. The normalized spacial score (nSPS) is 11.3. The molecular weight excluding hydrogens is 469 g/mol. The minimum atomic E-state index is -4.49. The molecule has 0 radical (unpaired) electrons. The van der Waals surface area contributed by atoms with Crippen molar-refractivity contribution in [3.8, 4) is 5.88 Å². The molecule has 4 rings (SSSR count). The standard InChI is InChI=1S/C25H18F5N3O2/c26-19-7-1-16(2-8-19)13-33-14-22(24(32-33)35-15-17-3-9-20(27)10-4-17)23(34)31-21-11-5-18(6-12-21)25(28,29)30/h1-12,14H,13,15H2,(H,31,34). The number of carbonyl (C=O) groups is 1. The molecule has 0 bridgehead atoms. The highest BCUT2D eigenvalue weighted by molar-refractivity contribution is 6.05. The van der Waals surface area contributed by atoms with E-state index in [0.29, 0.717) is 11.1 Å². The summed E-state index contributed by atoms with van der Waals surface area (Å²) in [4.78, 5) is 12.9. The number of anilines is 1. The molecule has 1 amide bonds. The SMILES string of the molecule is O=C(Nc1ccc(C(F)(F)F)cc1)c1cn(Cc2ccc(F)cc2)nc1OCc1ccc(F)cc1. The third-order valence-corrected chi connectivity index (χ3v) is 4.99. The van der Waals surface area contributed by atoms with Crippen LogP contribution in [-0.4, -0.2) is 15.7 Å². The molecule has 3 aromatic carbocycles. The molecule has 0 aliphatic heterocycles. The molecule has 1 aromatic heterocycles. The van der Waals surface area contributed by atoms with Gasteiger partial charge in [0.1, 0.15) is 23.8 Å². The van der Waals surface area contributed by atoms with Crippen LogP contribution in [0, 0.1) is 11.6 Å². The third-order valence-electron chi connectivity index (χ3n) is 4.99. The number of ether oxygens (including phenoxy) is 1. The molecule has 1 N–H and O–H groups in total. The summed E-state index contributed by atoms with van der Waals surface area (Å²) in [6, 6.07) is 15.3. The Morgan fingerprint density at radius 3 is 2.00 bits per heavy atom. The first kappa shape index (κ1) is 23.9. The highest BCUT2D eigenvalue weighted by Crippen LogP contribution is 2.30. The van der Waals surface area contributed by atoms with Gasteiger partial charge in [-0.05, 0) is 59.7 Å². The summed E-state index contributed by atoms with van der Waals surface area (Å²) < 4.78 is 71.9. The Kier molecular flexibility index (Phi) is 6.81. The van der Waals surface area contributed by atoms with Gasteiger partial charge in [-0.1, -0.05) is 24.3 Å². The number of alkyl halides is 3. The molecule has 0 saturated carbocycles. The van der Waals surface area contributed by atoms with Crippen molar-refractivity contribution in [1.82, 2.24) is 9.78 Å². The second-order valence-corrected chi connectivity index (χ2v) is 7.62. The Bertz CT molecular complexity index is 1300. The zero-order chi connectivity index (χ0) is 25.0. The molecule has 0 unspecified atom stereocenters. The minimum Gasteiger partial charge on any atom is -0.471 e. The Morgan fingerprint density at radius 1 is 0.857 bits per heavy atom. The van der Waals surface area contributed by atoms with E-state index in [1.165, 1.54) is 47.3 Å². The zero-order valence-corrected chi connectivity index (χ0v) is 18.0. The van der Waals surface area contributed by atoms with E-state index in [2.05, 4.69) is 10.4 Å². The number of carbonyl (C=O) groups excluding carboxylic acids is 1. The van der Waals surface area contributed by atoms with Crippen LogP contribution in [0.3, 0.4) is 0 Å². The van der Waals surface area contributed by atoms with E-state index >= 15 is 0 Å². The van der Waals surface area contributed by atoms with Crippen molar-refractivity contribution in [2.24, 2.45) is 0 Å². The van der Waals surface area contributed by atoms with Gasteiger partial charge in [-0.2, -0.15) is 13.2 Å². The van der Waals surface area contributed by atoms with Crippen LogP contribution in [0.15, 0.2) is 79.0 Å². The van der Waals surface area contributed by atoms with E-state index < -0.39 is 29.3 Å². The average Bonchev–Trinajstić information content (AvgIpc) is 3.23. The average molecular weight is 487 g/mol. The van der Waals surface area contributed by atoms with Gasteiger partial charge in [-0.3, -0.25) is 9.48 Å². The number of aromatic nitrogens is 2. The second-order valence-electron chi connectivity index (χ2n) is 7.62. The van der Waals surface area contributed by atoms with Crippen molar-refractivity contribution in [2.75, 3.05) is 5.32 Å². The Hall–Kier alpha value is -4.21. The van der Waals surface area contributed by atoms with Gasteiger partial charge in [0, 0.05) is 11.9 Å². The minimum absolute atomic E-state index is 0.00555. The van der Waals surface area contributed by atoms with Crippen LogP contribution in [-0.2, 0) is 19.3 Å². The molecule has 0 saturated heterocycles. The lowest BCUT2D eigenvalue weighted by Crippen LogP contribution is -2.13. The monoisotopic (exact) mass is 487 g/mol. The number of hydrogen-bond acceptors (Lipinski definition) is 3. The Labute approximate surface area is 196 Å². The number of halogens is 5. The number of nitrogens with zero attached hydrogens (tertiary/aromatic N) is 2. The summed E-state index contributed by atoms with van der Waals surface area (Å²) >= 11 is 0. The maximum Gasteiger partial charge on any atom is 0.416 e. The van der Waals surface area contributed by atoms with E-state index in [1.54, 1.807) is 12.1 Å². The molecule has 180 valence electrons. The number of rotatable bonds is 7. The Morgan fingerprint density at radius 2 is 1.43 bits per heavy atom. The quantitative estimate of drug-likeness (QED) is 0.323. The van der Waals surface area contributed by atoms with Crippen molar-refractivity contribution in [2.45, 2.75) is 19.3 Å². The van der Waals surface area contributed by atoms with E-state index in [4.69, 9.17) is 4.74 Å². The maximum absolute atomic E-state index is 13.2. The van der Waals surface area contributed by atoms with Gasteiger partial charge in [-0.15, -0.1) is 5.10 Å². The van der Waals surface area contributed by atoms with Gasteiger partial charge < -0.3 is 10.1 Å². The molecule has 10 heteroatoms. The van der Waals surface area contributed by atoms with Crippen LogP contribution < -0.4 is 10.1 Å². The van der Waals surface area contributed by atoms with Crippen LogP contribution >= 0.6 is 0 Å². The fraction of sp³-hybridized carbons (Fsp3) is 0.120. The summed E-state index contributed by atoms with van der Waals surface area (Å²) in [6.07, 6.45) is -3.08. The van der Waals surface area contributed by atoms with Crippen LogP contribution in [0.5, 0.6) is 5.88 Å². The largest absolute Gasteiger partial charge is 0.471 e. The van der Waals surface area contributed by atoms with Gasteiger partial charge >= 0.3 is 6.18 Å². The smallest absolute Gasteiger partial charge is 0.416 e.